The van der Waals surface area contributed by atoms with E-state index in [-0.39, 0.29) is 6.04 Å². The summed E-state index contributed by atoms with van der Waals surface area (Å²) in [7, 11) is 0. The summed E-state index contributed by atoms with van der Waals surface area (Å²) >= 11 is 0. The molecule has 4 saturated carbocycles. The van der Waals surface area contributed by atoms with E-state index in [1.807, 2.05) is 6.20 Å². The second-order valence-electron chi connectivity index (χ2n) is 7.41. The van der Waals surface area contributed by atoms with E-state index >= 15 is 0 Å². The van der Waals surface area contributed by atoms with Crippen molar-refractivity contribution in [3.05, 3.63) is 24.3 Å². The van der Waals surface area contributed by atoms with Gasteiger partial charge in [0.15, 0.2) is 0 Å². The lowest BCUT2D eigenvalue weighted by Gasteiger charge is -2.54. The Morgan fingerprint density at radius 3 is 2.35 bits per heavy atom. The van der Waals surface area contributed by atoms with Gasteiger partial charge in [-0.15, -0.1) is 0 Å². The third-order valence-electron chi connectivity index (χ3n) is 6.20. The van der Waals surface area contributed by atoms with E-state index in [0.717, 1.165) is 41.7 Å². The molecule has 1 unspecified atom stereocenters. The fourth-order valence-corrected chi connectivity index (χ4v) is 5.53. The number of nitrogens with zero attached hydrogens (tertiary/aromatic N) is 2. The summed E-state index contributed by atoms with van der Waals surface area (Å²) in [5, 5.41) is 0. The summed E-state index contributed by atoms with van der Waals surface area (Å²) in [5.41, 5.74) is 7.25. The van der Waals surface area contributed by atoms with E-state index in [2.05, 4.69) is 9.97 Å². The van der Waals surface area contributed by atoms with Gasteiger partial charge in [0.1, 0.15) is 0 Å². The van der Waals surface area contributed by atoms with E-state index in [1.165, 1.54) is 32.1 Å². The van der Waals surface area contributed by atoms with E-state index in [9.17, 15) is 0 Å². The van der Waals surface area contributed by atoms with Crippen molar-refractivity contribution in [1.82, 2.24) is 9.97 Å². The molecule has 0 spiro atoms. The number of rotatable bonds is 4. The topological polar surface area (TPSA) is 51.8 Å². The molecule has 1 aromatic rings. The quantitative estimate of drug-likeness (QED) is 0.914. The number of hydrogen-bond acceptors (Lipinski definition) is 3. The first-order valence-electron chi connectivity index (χ1n) is 8.31. The molecule has 2 N–H and O–H groups in total. The minimum absolute atomic E-state index is 0.0703. The van der Waals surface area contributed by atoms with Gasteiger partial charge in [0.2, 0.25) is 0 Å². The third kappa shape index (κ3) is 2.26. The zero-order chi connectivity index (χ0) is 13.5. The molecule has 0 radical (unpaired) electrons. The number of nitrogens with two attached hydrogens (primary N) is 1. The van der Waals surface area contributed by atoms with Crippen LogP contribution in [0.5, 0.6) is 0 Å². The SMILES string of the molecule is NC(CCC1C2CC3CC(C2)CC1C3)c1cnccn1. The monoisotopic (exact) mass is 271 g/mol. The summed E-state index contributed by atoms with van der Waals surface area (Å²) in [6, 6.07) is 0.0703. The van der Waals surface area contributed by atoms with Crippen LogP contribution in [0.25, 0.3) is 0 Å². The first-order chi connectivity index (χ1) is 9.79. The molecule has 0 amide bonds. The molecule has 4 bridgehead atoms. The van der Waals surface area contributed by atoms with Crippen LogP contribution in [-0.2, 0) is 0 Å². The molecule has 0 aliphatic heterocycles. The van der Waals surface area contributed by atoms with Crippen molar-refractivity contribution >= 4 is 0 Å². The Labute approximate surface area is 121 Å². The Morgan fingerprint density at radius 1 is 1.05 bits per heavy atom. The van der Waals surface area contributed by atoms with Gasteiger partial charge < -0.3 is 5.73 Å². The molecule has 20 heavy (non-hydrogen) atoms. The summed E-state index contributed by atoms with van der Waals surface area (Å²) in [5.74, 6) is 5.12. The molecule has 3 heteroatoms. The molecule has 1 aromatic heterocycles. The second-order valence-corrected chi connectivity index (χ2v) is 7.41. The zero-order valence-corrected chi connectivity index (χ0v) is 12.1. The van der Waals surface area contributed by atoms with Crippen LogP contribution in [0.4, 0.5) is 0 Å². The van der Waals surface area contributed by atoms with Crippen LogP contribution < -0.4 is 5.73 Å². The van der Waals surface area contributed by atoms with E-state index < -0.39 is 0 Å². The van der Waals surface area contributed by atoms with Gasteiger partial charge in [-0.1, -0.05) is 0 Å². The minimum Gasteiger partial charge on any atom is -0.323 e. The van der Waals surface area contributed by atoms with Gasteiger partial charge in [0.25, 0.3) is 0 Å². The van der Waals surface area contributed by atoms with Gasteiger partial charge in [-0.2, -0.15) is 0 Å². The summed E-state index contributed by atoms with van der Waals surface area (Å²) < 4.78 is 0. The van der Waals surface area contributed by atoms with Crippen LogP contribution in [0.3, 0.4) is 0 Å². The average molecular weight is 271 g/mol. The summed E-state index contributed by atoms with van der Waals surface area (Å²) in [6.07, 6.45) is 15.2. The maximum Gasteiger partial charge on any atom is 0.0753 e. The highest BCUT2D eigenvalue weighted by Crippen LogP contribution is 2.57. The fourth-order valence-electron chi connectivity index (χ4n) is 5.53. The predicted molar refractivity (Wildman–Crippen MR) is 78.7 cm³/mol. The average Bonchev–Trinajstić information content (AvgIpc) is 2.46. The van der Waals surface area contributed by atoms with Crippen LogP contribution >= 0.6 is 0 Å². The lowest BCUT2D eigenvalue weighted by atomic mass is 9.51. The normalized spacial score (nSPS) is 40.0. The maximum absolute atomic E-state index is 6.30. The van der Waals surface area contributed by atoms with Crippen molar-refractivity contribution in [3.63, 3.8) is 0 Å². The van der Waals surface area contributed by atoms with Crippen molar-refractivity contribution in [2.45, 2.75) is 51.0 Å². The molecule has 0 saturated heterocycles. The number of hydrogen-bond donors (Lipinski definition) is 1. The van der Waals surface area contributed by atoms with Crippen molar-refractivity contribution in [1.29, 1.82) is 0 Å². The van der Waals surface area contributed by atoms with Gasteiger partial charge in [0.05, 0.1) is 5.69 Å². The molecule has 4 aliphatic rings. The van der Waals surface area contributed by atoms with E-state index in [1.54, 1.807) is 18.8 Å². The zero-order valence-electron chi connectivity index (χ0n) is 12.1. The molecule has 1 atom stereocenters. The molecule has 3 nitrogen and oxygen atoms in total. The molecule has 108 valence electrons. The van der Waals surface area contributed by atoms with E-state index in [0.29, 0.717) is 0 Å². The van der Waals surface area contributed by atoms with Gasteiger partial charge in [0, 0.05) is 24.6 Å². The third-order valence-corrected chi connectivity index (χ3v) is 6.20. The highest BCUT2D eigenvalue weighted by molar-refractivity contribution is 5.02. The van der Waals surface area contributed by atoms with Gasteiger partial charge in [-0.3, -0.25) is 9.97 Å². The first kappa shape index (κ1) is 12.8. The number of aromatic nitrogens is 2. The Kier molecular flexibility index (Phi) is 3.25. The van der Waals surface area contributed by atoms with Crippen molar-refractivity contribution < 1.29 is 0 Å². The molecular formula is C17H25N3. The van der Waals surface area contributed by atoms with Gasteiger partial charge >= 0.3 is 0 Å². The van der Waals surface area contributed by atoms with Crippen LogP contribution in [0.2, 0.25) is 0 Å². The van der Waals surface area contributed by atoms with Crippen LogP contribution in [-0.4, -0.2) is 9.97 Å². The maximum atomic E-state index is 6.30. The summed E-state index contributed by atoms with van der Waals surface area (Å²) in [6.45, 7) is 0. The molecule has 4 fully saturated rings. The highest BCUT2D eigenvalue weighted by Gasteiger charge is 2.47. The lowest BCUT2D eigenvalue weighted by molar-refractivity contribution is -0.0408. The Bertz CT molecular complexity index is 431. The minimum atomic E-state index is 0.0703. The largest absolute Gasteiger partial charge is 0.323 e. The Hall–Kier alpha value is -0.960. The van der Waals surface area contributed by atoms with Crippen LogP contribution in [0.1, 0.15) is 56.7 Å². The van der Waals surface area contributed by atoms with Crippen molar-refractivity contribution in [2.75, 3.05) is 0 Å². The predicted octanol–water partition coefficient (Wildman–Crippen LogP) is 3.33. The Balaban J connectivity index is 1.38. The van der Waals surface area contributed by atoms with E-state index in [4.69, 9.17) is 5.73 Å². The molecule has 5 rings (SSSR count). The molecular weight excluding hydrogens is 246 g/mol. The Morgan fingerprint density at radius 2 is 1.75 bits per heavy atom. The van der Waals surface area contributed by atoms with Crippen molar-refractivity contribution in [3.8, 4) is 0 Å². The fraction of sp³-hybridized carbons (Fsp3) is 0.765. The smallest absolute Gasteiger partial charge is 0.0753 e. The second kappa shape index (κ2) is 5.10. The van der Waals surface area contributed by atoms with Gasteiger partial charge in [-0.25, -0.2) is 0 Å². The molecule has 4 aliphatic carbocycles. The molecule has 1 heterocycles. The summed E-state index contributed by atoms with van der Waals surface area (Å²) in [4.78, 5) is 8.48. The van der Waals surface area contributed by atoms with Gasteiger partial charge in [-0.05, 0) is 74.5 Å². The van der Waals surface area contributed by atoms with Crippen LogP contribution in [0.15, 0.2) is 18.6 Å². The first-order valence-corrected chi connectivity index (χ1v) is 8.31. The highest BCUT2D eigenvalue weighted by atomic mass is 14.8. The standard InChI is InChI=1S/C17H25N3/c18-16(17-10-19-3-4-20-17)2-1-15-13-6-11-5-12(8-13)9-14(15)7-11/h3-4,10-16H,1-2,5-9,18H2. The van der Waals surface area contributed by atoms with Crippen molar-refractivity contribution in [2.24, 2.45) is 35.3 Å². The lowest BCUT2D eigenvalue weighted by Crippen LogP contribution is -2.45. The van der Waals surface area contributed by atoms with Crippen LogP contribution in [0, 0.1) is 29.6 Å². The molecule has 0 aromatic carbocycles.